The number of hydrogen-bond acceptors (Lipinski definition) is 8. The molecule has 1 N–H and O–H groups in total. The van der Waals surface area contributed by atoms with Crippen molar-refractivity contribution in [3.05, 3.63) is 42.6 Å². The number of benzene rings is 2. The third-order valence-electron chi connectivity index (χ3n) is 5.87. The molecular formula is C24H28N4O5S. The molecule has 0 atom stereocenters. The lowest BCUT2D eigenvalue weighted by Crippen LogP contribution is -2.47. The van der Waals surface area contributed by atoms with E-state index in [1.54, 1.807) is 24.3 Å². The summed E-state index contributed by atoms with van der Waals surface area (Å²) in [6, 6.07) is 6.21. The van der Waals surface area contributed by atoms with E-state index in [4.69, 9.17) is 9.47 Å². The summed E-state index contributed by atoms with van der Waals surface area (Å²) in [6.07, 6.45) is 3.09. The topological polar surface area (TPSA) is 105 Å². The van der Waals surface area contributed by atoms with Gasteiger partial charge in [-0.1, -0.05) is 12.7 Å². The number of phenolic OH excluding ortho intramolecular Hbond substituents is 1. The molecule has 10 heteroatoms. The monoisotopic (exact) mass is 484 g/mol. The van der Waals surface area contributed by atoms with Gasteiger partial charge >= 0.3 is 0 Å². The minimum atomic E-state index is -3.70. The van der Waals surface area contributed by atoms with Crippen LogP contribution in [0.25, 0.3) is 28.4 Å². The number of sulfonamides is 1. The molecule has 1 aromatic heterocycles. The Balaban J connectivity index is 1.87. The zero-order chi connectivity index (χ0) is 24.5. The van der Waals surface area contributed by atoms with Gasteiger partial charge in [0.2, 0.25) is 10.0 Å². The second-order valence-electron chi connectivity index (χ2n) is 7.97. The molecule has 0 radical (unpaired) electrons. The number of methoxy groups -OCH3 is 1. The third-order valence-corrected chi connectivity index (χ3v) is 7.76. The highest BCUT2D eigenvalue weighted by Crippen LogP contribution is 2.37. The number of aromatic nitrogens is 2. The quantitative estimate of drug-likeness (QED) is 0.546. The first-order chi connectivity index (χ1) is 16.3. The number of hydrogen-bond donors (Lipinski definition) is 1. The van der Waals surface area contributed by atoms with Gasteiger partial charge in [-0.3, -0.25) is 0 Å². The maximum Gasteiger partial charge on any atom is 0.243 e. The Labute approximate surface area is 199 Å². The van der Waals surface area contributed by atoms with Crippen LogP contribution in [0.4, 0.5) is 0 Å². The van der Waals surface area contributed by atoms with Gasteiger partial charge in [-0.05, 0) is 32.2 Å². The third kappa shape index (κ3) is 4.31. The first kappa shape index (κ1) is 23.9. The van der Waals surface area contributed by atoms with Crippen LogP contribution in [0.3, 0.4) is 0 Å². The van der Waals surface area contributed by atoms with Gasteiger partial charge in [-0.25, -0.2) is 18.4 Å². The molecule has 0 amide bonds. The normalized spacial score (nSPS) is 15.4. The number of phenols is 1. The predicted octanol–water partition coefficient (Wildman–Crippen LogP) is 2.99. The van der Waals surface area contributed by atoms with E-state index in [0.29, 0.717) is 66.3 Å². The van der Waals surface area contributed by atoms with Crippen molar-refractivity contribution in [2.45, 2.75) is 11.8 Å². The summed E-state index contributed by atoms with van der Waals surface area (Å²) in [5.74, 6) is 1.12. The number of nitrogens with zero attached hydrogens (tertiary/aromatic N) is 4. The minimum Gasteiger partial charge on any atom is -0.507 e. The molecule has 0 bridgehead atoms. The average Bonchev–Trinajstić information content (AvgIpc) is 2.84. The molecule has 180 valence electrons. The number of piperazine rings is 1. The molecule has 34 heavy (non-hydrogen) atoms. The van der Waals surface area contributed by atoms with E-state index >= 15 is 0 Å². The van der Waals surface area contributed by atoms with Crippen molar-refractivity contribution in [3.63, 3.8) is 0 Å². The van der Waals surface area contributed by atoms with E-state index in [1.165, 1.54) is 23.7 Å². The van der Waals surface area contributed by atoms with Gasteiger partial charge in [-0.15, -0.1) is 0 Å². The first-order valence-corrected chi connectivity index (χ1v) is 12.4. The number of ether oxygens (including phenoxy) is 2. The Morgan fingerprint density at radius 3 is 2.56 bits per heavy atom. The molecule has 1 saturated heterocycles. The number of aromatic hydroxyl groups is 1. The van der Waals surface area contributed by atoms with E-state index in [-0.39, 0.29) is 16.5 Å². The van der Waals surface area contributed by atoms with Crippen molar-refractivity contribution >= 4 is 27.0 Å². The highest BCUT2D eigenvalue weighted by molar-refractivity contribution is 7.89. The molecule has 4 rings (SSSR count). The van der Waals surface area contributed by atoms with Crippen LogP contribution in [0.15, 0.2) is 41.9 Å². The van der Waals surface area contributed by atoms with Crippen LogP contribution in [0, 0.1) is 0 Å². The van der Waals surface area contributed by atoms with Crippen molar-refractivity contribution in [3.8, 4) is 28.6 Å². The van der Waals surface area contributed by atoms with Gasteiger partial charge in [0.25, 0.3) is 0 Å². The summed E-state index contributed by atoms with van der Waals surface area (Å²) in [6.45, 7) is 8.27. The number of likely N-dealkylation sites (N-methyl/N-ethyl adjacent to an activating group) is 1. The van der Waals surface area contributed by atoms with Crippen LogP contribution < -0.4 is 9.47 Å². The van der Waals surface area contributed by atoms with Gasteiger partial charge in [0.05, 0.1) is 35.1 Å². The molecular weight excluding hydrogens is 456 g/mol. The second-order valence-corrected chi connectivity index (χ2v) is 9.91. The molecule has 2 heterocycles. The van der Waals surface area contributed by atoms with Crippen LogP contribution in [-0.4, -0.2) is 79.6 Å². The smallest absolute Gasteiger partial charge is 0.243 e. The highest BCUT2D eigenvalue weighted by atomic mass is 32.2. The van der Waals surface area contributed by atoms with E-state index in [1.807, 2.05) is 14.0 Å². The Kier molecular flexibility index (Phi) is 6.74. The van der Waals surface area contributed by atoms with Gasteiger partial charge in [0.1, 0.15) is 17.2 Å². The molecule has 1 fully saturated rings. The molecule has 9 nitrogen and oxygen atoms in total. The Morgan fingerprint density at radius 2 is 1.91 bits per heavy atom. The first-order valence-electron chi connectivity index (χ1n) is 10.9. The van der Waals surface area contributed by atoms with Gasteiger partial charge in [0.15, 0.2) is 5.82 Å². The fraction of sp³-hybridized carbons (Fsp3) is 0.333. The molecule has 1 aliphatic heterocycles. The predicted molar refractivity (Wildman–Crippen MR) is 131 cm³/mol. The van der Waals surface area contributed by atoms with Crippen molar-refractivity contribution < 1.29 is 23.0 Å². The fourth-order valence-corrected chi connectivity index (χ4v) is 5.42. The summed E-state index contributed by atoms with van der Waals surface area (Å²) in [7, 11) is -0.233. The average molecular weight is 485 g/mol. The Bertz CT molecular complexity index is 1330. The molecule has 2 aromatic carbocycles. The fourth-order valence-electron chi connectivity index (χ4n) is 3.97. The van der Waals surface area contributed by atoms with E-state index in [9.17, 15) is 13.5 Å². The number of rotatable bonds is 7. The van der Waals surface area contributed by atoms with Crippen LogP contribution in [-0.2, 0) is 10.0 Å². The number of fused-ring (bicyclic) bond motifs is 1. The maximum atomic E-state index is 13.4. The van der Waals surface area contributed by atoms with Gasteiger partial charge < -0.3 is 19.5 Å². The lowest BCUT2D eigenvalue weighted by atomic mass is 10.1. The van der Waals surface area contributed by atoms with Crippen LogP contribution in [0.1, 0.15) is 12.5 Å². The lowest BCUT2D eigenvalue weighted by molar-refractivity contribution is 0.222. The van der Waals surface area contributed by atoms with E-state index in [0.717, 1.165) is 0 Å². The maximum absolute atomic E-state index is 13.4. The summed E-state index contributed by atoms with van der Waals surface area (Å²) in [5.41, 5.74) is 1.47. The summed E-state index contributed by atoms with van der Waals surface area (Å²) < 4.78 is 39.3. The zero-order valence-corrected chi connectivity index (χ0v) is 20.3. The summed E-state index contributed by atoms with van der Waals surface area (Å²) in [5, 5.41) is 10.8. The van der Waals surface area contributed by atoms with Crippen LogP contribution >= 0.6 is 0 Å². The van der Waals surface area contributed by atoms with Crippen molar-refractivity contribution in [1.82, 2.24) is 19.2 Å². The van der Waals surface area contributed by atoms with Gasteiger partial charge in [0, 0.05) is 44.0 Å². The van der Waals surface area contributed by atoms with Crippen molar-refractivity contribution in [2.24, 2.45) is 0 Å². The molecule has 1 aliphatic rings. The molecule has 0 saturated carbocycles. The molecule has 3 aromatic rings. The standard InChI is InChI=1S/C24H28N4O5S/c1-5-17-22(32-4)14-20(29)19-15-25-24(26-23(17)19)18-13-16(7-8-21(18)33-6-2)34(30,31)28-11-9-27(3)10-12-28/h5,7-8,13-15,29H,1,6,9-12H2,2-4H3. The Hall–Kier alpha value is -3.21. The second kappa shape index (κ2) is 9.57. The van der Waals surface area contributed by atoms with Crippen LogP contribution in [0.2, 0.25) is 0 Å². The van der Waals surface area contributed by atoms with Gasteiger partial charge in [-0.2, -0.15) is 4.31 Å². The zero-order valence-electron chi connectivity index (χ0n) is 19.5. The minimum absolute atomic E-state index is 0.0274. The SMILES string of the molecule is C=Cc1c(OC)cc(O)c2cnc(-c3cc(S(=O)(=O)N4CCN(C)CC4)ccc3OCC)nc12. The highest BCUT2D eigenvalue weighted by Gasteiger charge is 2.28. The largest absolute Gasteiger partial charge is 0.507 e. The lowest BCUT2D eigenvalue weighted by Gasteiger charge is -2.31. The molecule has 0 unspecified atom stereocenters. The van der Waals surface area contributed by atoms with Crippen molar-refractivity contribution in [2.75, 3.05) is 46.9 Å². The molecule has 0 aliphatic carbocycles. The van der Waals surface area contributed by atoms with Crippen LogP contribution in [0.5, 0.6) is 17.2 Å². The Morgan fingerprint density at radius 1 is 1.18 bits per heavy atom. The molecule has 0 spiro atoms. The van der Waals surface area contributed by atoms with E-state index < -0.39 is 10.0 Å². The summed E-state index contributed by atoms with van der Waals surface area (Å²) >= 11 is 0. The summed E-state index contributed by atoms with van der Waals surface area (Å²) in [4.78, 5) is 11.3. The van der Waals surface area contributed by atoms with Crippen molar-refractivity contribution in [1.29, 1.82) is 0 Å². The van der Waals surface area contributed by atoms with E-state index in [2.05, 4.69) is 21.4 Å².